The van der Waals surface area contributed by atoms with Crippen molar-refractivity contribution in [3.8, 4) is 0 Å². The van der Waals surface area contributed by atoms with E-state index in [1.54, 1.807) is 0 Å². The Kier molecular flexibility index (Phi) is 11.1. The number of hydrogen-bond donors (Lipinski definition) is 1. The molecule has 0 saturated heterocycles. The maximum absolute atomic E-state index is 10.2. The Morgan fingerprint density at radius 1 is 1.17 bits per heavy atom. The summed E-state index contributed by atoms with van der Waals surface area (Å²) in [5, 5.41) is 0. The summed E-state index contributed by atoms with van der Waals surface area (Å²) in [5.41, 5.74) is 0. The monoisotopic (exact) mass is 173 g/mol. The minimum Gasteiger partial charge on any atom is -0.368 e. The van der Waals surface area contributed by atoms with Crippen LogP contribution in [0.15, 0.2) is 24.5 Å². The molecule has 1 N–H and O–H groups in total. The highest BCUT2D eigenvalue weighted by atomic mass is 19.0. The number of nitrogens with one attached hydrogen (secondary N) is 1. The van der Waals surface area contributed by atoms with Crippen molar-refractivity contribution in [2.24, 2.45) is 0 Å². The van der Waals surface area contributed by atoms with E-state index in [2.05, 4.69) is 4.98 Å². The van der Waals surface area contributed by atoms with Gasteiger partial charge in [-0.15, -0.1) is 0 Å². The van der Waals surface area contributed by atoms with Crippen LogP contribution in [0.3, 0.4) is 0 Å². The van der Waals surface area contributed by atoms with Crippen LogP contribution in [0.2, 0.25) is 0 Å². The zero-order valence-electron chi connectivity index (χ0n) is 7.54. The standard InChI is InChI=1S/C5H10O.C4H5N.FH/c1-3-5(6)4-2;1-2-4-5-3-1;/h3-4H2,1-2H3;1-5H;1H. The molecule has 70 valence electrons. The summed E-state index contributed by atoms with van der Waals surface area (Å²) in [4.78, 5) is 13.0. The van der Waals surface area contributed by atoms with Gasteiger partial charge in [0.05, 0.1) is 0 Å². The zero-order chi connectivity index (χ0) is 8.53. The molecule has 0 spiro atoms. The predicted octanol–water partition coefficient (Wildman–Crippen LogP) is 2.54. The van der Waals surface area contributed by atoms with Gasteiger partial charge in [0.1, 0.15) is 5.78 Å². The molecular weight excluding hydrogens is 157 g/mol. The number of carbonyl (C=O) groups is 1. The molecule has 12 heavy (non-hydrogen) atoms. The third-order valence-corrected chi connectivity index (χ3v) is 1.28. The van der Waals surface area contributed by atoms with Gasteiger partial charge in [-0.1, -0.05) is 13.8 Å². The number of rotatable bonds is 2. The van der Waals surface area contributed by atoms with E-state index in [0.29, 0.717) is 18.6 Å². The Balaban J connectivity index is 0. The minimum atomic E-state index is 0. The smallest absolute Gasteiger partial charge is 0.132 e. The maximum atomic E-state index is 10.2. The lowest BCUT2D eigenvalue weighted by Crippen LogP contribution is -1.88. The van der Waals surface area contributed by atoms with E-state index in [4.69, 9.17) is 0 Å². The van der Waals surface area contributed by atoms with E-state index in [0.717, 1.165) is 0 Å². The molecule has 0 bridgehead atoms. The molecule has 1 aromatic heterocycles. The van der Waals surface area contributed by atoms with Crippen LogP contribution < -0.4 is 0 Å². The molecule has 0 saturated carbocycles. The molecule has 0 aliphatic heterocycles. The van der Waals surface area contributed by atoms with Gasteiger partial charge in [0.2, 0.25) is 0 Å². The number of H-pyrrole nitrogens is 1. The lowest BCUT2D eigenvalue weighted by molar-refractivity contribution is -0.118. The second-order valence-electron chi connectivity index (χ2n) is 2.13. The molecular formula is C9H16FNO. The highest BCUT2D eigenvalue weighted by Crippen LogP contribution is 1.83. The molecule has 0 radical (unpaired) electrons. The van der Waals surface area contributed by atoms with Crippen molar-refractivity contribution in [1.82, 2.24) is 4.98 Å². The fraction of sp³-hybridized carbons (Fsp3) is 0.444. The van der Waals surface area contributed by atoms with E-state index in [1.165, 1.54) is 0 Å². The molecule has 1 rings (SSSR count). The number of carbonyl (C=O) groups excluding carboxylic acids is 1. The third-order valence-electron chi connectivity index (χ3n) is 1.28. The second kappa shape index (κ2) is 9.88. The fourth-order valence-electron chi connectivity index (χ4n) is 0.528. The van der Waals surface area contributed by atoms with Gasteiger partial charge in [0.15, 0.2) is 0 Å². The van der Waals surface area contributed by atoms with Gasteiger partial charge in [-0.05, 0) is 12.1 Å². The molecule has 0 aromatic carbocycles. The van der Waals surface area contributed by atoms with Crippen LogP contribution in [0.5, 0.6) is 0 Å². The van der Waals surface area contributed by atoms with Crippen molar-refractivity contribution < 1.29 is 9.50 Å². The highest BCUT2D eigenvalue weighted by Gasteiger charge is 1.86. The molecule has 0 fully saturated rings. The average Bonchev–Trinajstić information content (AvgIpc) is 2.60. The number of ketones is 1. The molecule has 0 aliphatic rings. The lowest BCUT2D eigenvalue weighted by Gasteiger charge is -1.81. The number of aromatic nitrogens is 1. The topological polar surface area (TPSA) is 32.9 Å². The van der Waals surface area contributed by atoms with Gasteiger partial charge in [0, 0.05) is 25.2 Å². The summed E-state index contributed by atoms with van der Waals surface area (Å²) in [6, 6.07) is 3.89. The van der Waals surface area contributed by atoms with Crippen LogP contribution in [-0.4, -0.2) is 10.8 Å². The van der Waals surface area contributed by atoms with Crippen LogP contribution in [0.4, 0.5) is 4.70 Å². The number of hydrogen-bond acceptors (Lipinski definition) is 1. The van der Waals surface area contributed by atoms with Crippen molar-refractivity contribution in [2.45, 2.75) is 26.7 Å². The zero-order valence-corrected chi connectivity index (χ0v) is 7.54. The normalized spacial score (nSPS) is 7.50. The van der Waals surface area contributed by atoms with Crippen molar-refractivity contribution in [3.05, 3.63) is 24.5 Å². The number of aromatic amines is 1. The molecule has 0 unspecified atom stereocenters. The first-order chi connectivity index (χ1) is 5.31. The van der Waals surface area contributed by atoms with E-state index < -0.39 is 0 Å². The van der Waals surface area contributed by atoms with Gasteiger partial charge in [-0.2, -0.15) is 0 Å². The summed E-state index contributed by atoms with van der Waals surface area (Å²) in [5.74, 6) is 0.343. The summed E-state index contributed by atoms with van der Waals surface area (Å²) >= 11 is 0. The molecule has 3 heteroatoms. The van der Waals surface area contributed by atoms with Gasteiger partial charge in [-0.3, -0.25) is 9.50 Å². The second-order valence-corrected chi connectivity index (χ2v) is 2.13. The highest BCUT2D eigenvalue weighted by molar-refractivity contribution is 5.77. The largest absolute Gasteiger partial charge is 0.368 e. The van der Waals surface area contributed by atoms with Crippen molar-refractivity contribution >= 4 is 5.78 Å². The van der Waals surface area contributed by atoms with E-state index in [9.17, 15) is 4.79 Å². The molecule has 2 nitrogen and oxygen atoms in total. The fourth-order valence-corrected chi connectivity index (χ4v) is 0.528. The summed E-state index contributed by atoms with van der Waals surface area (Å²) in [7, 11) is 0. The van der Waals surface area contributed by atoms with E-state index >= 15 is 0 Å². The molecule has 0 atom stereocenters. The maximum Gasteiger partial charge on any atom is 0.132 e. The van der Waals surface area contributed by atoms with E-state index in [-0.39, 0.29) is 4.70 Å². The first-order valence-electron chi connectivity index (χ1n) is 3.90. The number of halogens is 1. The van der Waals surface area contributed by atoms with Crippen molar-refractivity contribution in [2.75, 3.05) is 0 Å². The quantitative estimate of drug-likeness (QED) is 0.732. The Bertz CT molecular complexity index is 149. The Labute approximate surface area is 72.4 Å². The summed E-state index contributed by atoms with van der Waals surface area (Å²) in [6.45, 7) is 3.76. The Morgan fingerprint density at radius 3 is 1.67 bits per heavy atom. The predicted molar refractivity (Wildman–Crippen MR) is 48.9 cm³/mol. The third kappa shape index (κ3) is 8.88. The molecule has 0 amide bonds. The van der Waals surface area contributed by atoms with Crippen molar-refractivity contribution in [1.29, 1.82) is 0 Å². The van der Waals surface area contributed by atoms with Gasteiger partial charge >= 0.3 is 0 Å². The SMILES string of the molecule is CCC(=O)CC.F.c1cc[nH]c1. The average molecular weight is 173 g/mol. The van der Waals surface area contributed by atoms with Gasteiger partial charge < -0.3 is 4.98 Å². The first-order valence-corrected chi connectivity index (χ1v) is 3.90. The van der Waals surface area contributed by atoms with Crippen LogP contribution >= 0.6 is 0 Å². The van der Waals surface area contributed by atoms with Gasteiger partial charge in [0.25, 0.3) is 0 Å². The van der Waals surface area contributed by atoms with Gasteiger partial charge in [-0.25, -0.2) is 0 Å². The molecule has 1 heterocycles. The minimum absolute atomic E-state index is 0. The van der Waals surface area contributed by atoms with Crippen LogP contribution in [0.25, 0.3) is 0 Å². The molecule has 1 aromatic rings. The van der Waals surface area contributed by atoms with Crippen LogP contribution in [-0.2, 0) is 4.79 Å². The first kappa shape index (κ1) is 13.5. The Morgan fingerprint density at radius 2 is 1.58 bits per heavy atom. The Hall–Kier alpha value is -1.12. The van der Waals surface area contributed by atoms with E-state index in [1.807, 2.05) is 38.4 Å². The van der Waals surface area contributed by atoms with Crippen molar-refractivity contribution in [3.63, 3.8) is 0 Å². The van der Waals surface area contributed by atoms with Crippen LogP contribution in [0.1, 0.15) is 26.7 Å². The lowest BCUT2D eigenvalue weighted by atomic mass is 10.3. The van der Waals surface area contributed by atoms with Crippen LogP contribution in [0, 0.1) is 0 Å². The number of Topliss-reactive ketones (excluding diaryl/α,β-unsaturated/α-hetero) is 1. The summed E-state index contributed by atoms with van der Waals surface area (Å²) < 4.78 is 0. The summed E-state index contributed by atoms with van der Waals surface area (Å²) in [6.07, 6.45) is 5.13. The molecule has 0 aliphatic carbocycles.